The Hall–Kier alpha value is -5.23. The topological polar surface area (TPSA) is 78.9 Å². The van der Waals surface area contributed by atoms with E-state index in [9.17, 15) is 14.4 Å². The van der Waals surface area contributed by atoms with Crippen LogP contribution in [0.4, 0.5) is 0 Å². The van der Waals surface area contributed by atoms with Gasteiger partial charge in [-0.2, -0.15) is 0 Å². The van der Waals surface area contributed by atoms with Crippen LogP contribution in [0.1, 0.15) is 226 Å². The summed E-state index contributed by atoms with van der Waals surface area (Å²) in [4.78, 5) is 38.1. The summed E-state index contributed by atoms with van der Waals surface area (Å²) in [6.07, 6.45) is 90.8. The average molecular weight is 1030 g/mol. The van der Waals surface area contributed by atoms with Gasteiger partial charge in [0, 0.05) is 12.8 Å². The highest BCUT2D eigenvalue weighted by atomic mass is 16.6. The van der Waals surface area contributed by atoms with Gasteiger partial charge in [-0.15, -0.1) is 0 Å². The Morgan fingerprint density at radius 1 is 0.293 bits per heavy atom. The molecule has 0 rings (SSSR count). The van der Waals surface area contributed by atoms with Crippen molar-refractivity contribution in [2.45, 2.75) is 232 Å². The minimum absolute atomic E-state index is 0.0805. The average Bonchev–Trinajstić information content (AvgIpc) is 3.41. The van der Waals surface area contributed by atoms with Gasteiger partial charge < -0.3 is 14.2 Å². The summed E-state index contributed by atoms with van der Waals surface area (Å²) in [6.45, 7) is 6.25. The van der Waals surface area contributed by atoms with Gasteiger partial charge in [-0.25, -0.2) is 0 Å². The monoisotopic (exact) mass is 1030 g/mol. The Kier molecular flexibility index (Phi) is 57.0. The number of esters is 3. The van der Waals surface area contributed by atoms with E-state index in [1.165, 1.54) is 25.7 Å². The van der Waals surface area contributed by atoms with Crippen molar-refractivity contribution in [1.82, 2.24) is 0 Å². The van der Waals surface area contributed by atoms with Crippen molar-refractivity contribution >= 4 is 17.9 Å². The molecule has 0 aliphatic heterocycles. The summed E-state index contributed by atoms with van der Waals surface area (Å²) in [5, 5.41) is 0. The Morgan fingerprint density at radius 2 is 0.560 bits per heavy atom. The summed E-state index contributed by atoms with van der Waals surface area (Å²) >= 11 is 0. The highest BCUT2D eigenvalue weighted by Gasteiger charge is 2.19. The number of rotatable bonds is 51. The third-order valence-electron chi connectivity index (χ3n) is 11.7. The van der Waals surface area contributed by atoms with E-state index in [-0.39, 0.29) is 31.6 Å². The zero-order chi connectivity index (χ0) is 54.3. The molecule has 0 saturated carbocycles. The first kappa shape index (κ1) is 69.8. The predicted molar refractivity (Wildman–Crippen MR) is 325 cm³/mol. The van der Waals surface area contributed by atoms with Crippen molar-refractivity contribution < 1.29 is 28.6 Å². The molecule has 1 unspecified atom stereocenters. The molecule has 75 heavy (non-hydrogen) atoms. The van der Waals surface area contributed by atoms with E-state index in [0.29, 0.717) is 19.3 Å². The minimum atomic E-state index is -0.856. The molecule has 6 nitrogen and oxygen atoms in total. The van der Waals surface area contributed by atoms with E-state index in [1.54, 1.807) is 6.08 Å². The van der Waals surface area contributed by atoms with Crippen LogP contribution in [0.2, 0.25) is 0 Å². The normalized spacial score (nSPS) is 13.4. The standard InChI is InChI=1S/C69H106O6/c1-4-7-10-13-16-19-22-25-28-29-30-31-32-33-34-35-36-37-38-39-42-44-47-50-53-56-59-62-68(71)74-65-66(75-69(72)63-60-57-54-51-48-45-41-27-24-21-18-15-12-9-6-3)64-73-67(70)61-58-55-52-49-46-43-40-26-23-20-17-14-11-8-5-2/h7,9-10,12,16-21,25-28,30-31,33-34,36-37,39-42,48,51,57,60,66H,4-6,8,11,13-15,22-24,29,32,35,38,43-47,49-50,52-56,58-59,61-65H2,1-3H3/b10-7-,12-9-,19-16-,20-17-,21-18-,28-25-,31-30-,34-33-,37-36-,40-26-,41-27-,42-39-,51-48-,60-57-. The Balaban J connectivity index is 4.51. The first-order chi connectivity index (χ1) is 37.0. The van der Waals surface area contributed by atoms with Crippen molar-refractivity contribution in [1.29, 1.82) is 0 Å². The molecule has 0 aliphatic carbocycles. The zero-order valence-electron chi connectivity index (χ0n) is 47.7. The third-order valence-corrected chi connectivity index (χ3v) is 11.7. The van der Waals surface area contributed by atoms with E-state index in [1.807, 2.05) is 6.08 Å². The van der Waals surface area contributed by atoms with E-state index < -0.39 is 12.1 Å². The van der Waals surface area contributed by atoms with Crippen LogP contribution < -0.4 is 0 Å². The van der Waals surface area contributed by atoms with Gasteiger partial charge in [0.15, 0.2) is 6.10 Å². The van der Waals surface area contributed by atoms with E-state index >= 15 is 0 Å². The van der Waals surface area contributed by atoms with Gasteiger partial charge in [0.1, 0.15) is 13.2 Å². The molecule has 6 heteroatoms. The van der Waals surface area contributed by atoms with E-state index in [2.05, 4.69) is 179 Å². The lowest BCUT2D eigenvalue weighted by atomic mass is 10.1. The summed E-state index contributed by atoms with van der Waals surface area (Å²) in [5.41, 5.74) is 0. The largest absolute Gasteiger partial charge is 0.462 e. The van der Waals surface area contributed by atoms with Crippen LogP contribution in [0.5, 0.6) is 0 Å². The van der Waals surface area contributed by atoms with Crippen LogP contribution in [0.3, 0.4) is 0 Å². The minimum Gasteiger partial charge on any atom is -0.462 e. The second-order valence-corrected chi connectivity index (χ2v) is 18.8. The molecule has 0 spiro atoms. The molecule has 0 fully saturated rings. The van der Waals surface area contributed by atoms with Crippen LogP contribution in [-0.2, 0) is 28.6 Å². The number of hydrogen-bond donors (Lipinski definition) is 0. The number of hydrogen-bond acceptors (Lipinski definition) is 6. The number of allylic oxidation sites excluding steroid dienone is 27. The molecule has 0 radical (unpaired) electrons. The van der Waals surface area contributed by atoms with Gasteiger partial charge in [0.25, 0.3) is 0 Å². The van der Waals surface area contributed by atoms with E-state index in [4.69, 9.17) is 14.2 Å². The first-order valence-electron chi connectivity index (χ1n) is 29.6. The third kappa shape index (κ3) is 59.5. The lowest BCUT2D eigenvalue weighted by Gasteiger charge is -2.18. The number of carbonyl (C=O) groups excluding carboxylic acids is 3. The van der Waals surface area contributed by atoms with Gasteiger partial charge in [0.05, 0.1) is 6.42 Å². The van der Waals surface area contributed by atoms with Crippen molar-refractivity contribution in [3.05, 3.63) is 170 Å². The highest BCUT2D eigenvalue weighted by molar-refractivity contribution is 5.72. The zero-order valence-corrected chi connectivity index (χ0v) is 47.7. The summed E-state index contributed by atoms with van der Waals surface area (Å²) in [6, 6.07) is 0. The van der Waals surface area contributed by atoms with Gasteiger partial charge in [0.2, 0.25) is 0 Å². The van der Waals surface area contributed by atoms with Crippen LogP contribution in [0.25, 0.3) is 0 Å². The molecule has 0 aromatic carbocycles. The molecule has 418 valence electrons. The molecular formula is C69H106O6. The fourth-order valence-electron chi connectivity index (χ4n) is 7.35. The van der Waals surface area contributed by atoms with E-state index in [0.717, 1.165) is 154 Å². The summed E-state index contributed by atoms with van der Waals surface area (Å²) in [5.74, 6) is -1.11. The van der Waals surface area contributed by atoms with Gasteiger partial charge in [-0.05, 0) is 135 Å². The Bertz CT molecular complexity index is 1750. The van der Waals surface area contributed by atoms with Crippen LogP contribution in [-0.4, -0.2) is 37.2 Å². The van der Waals surface area contributed by atoms with Crippen molar-refractivity contribution in [3.8, 4) is 0 Å². The number of unbranched alkanes of at least 4 members (excludes halogenated alkanes) is 13. The van der Waals surface area contributed by atoms with Gasteiger partial charge in [-0.1, -0.05) is 242 Å². The quantitative estimate of drug-likeness (QED) is 0.0261. The van der Waals surface area contributed by atoms with Crippen LogP contribution in [0, 0.1) is 0 Å². The molecule has 0 bridgehead atoms. The maximum absolute atomic E-state index is 12.8. The molecule has 0 heterocycles. The fourth-order valence-corrected chi connectivity index (χ4v) is 7.35. The molecule has 0 saturated heterocycles. The van der Waals surface area contributed by atoms with Crippen molar-refractivity contribution in [3.63, 3.8) is 0 Å². The van der Waals surface area contributed by atoms with Gasteiger partial charge in [-0.3, -0.25) is 14.4 Å². The Labute approximate surface area is 460 Å². The van der Waals surface area contributed by atoms with Crippen molar-refractivity contribution in [2.75, 3.05) is 13.2 Å². The molecule has 1 atom stereocenters. The molecule has 0 aromatic heterocycles. The second-order valence-electron chi connectivity index (χ2n) is 18.8. The fraction of sp³-hybridized carbons (Fsp3) is 0.551. The number of carbonyl (C=O) groups is 3. The molecule has 0 aromatic rings. The predicted octanol–water partition coefficient (Wildman–Crippen LogP) is 20.3. The first-order valence-corrected chi connectivity index (χ1v) is 29.6. The molecule has 0 aliphatic rings. The SMILES string of the molecule is CC/C=C\C/C=C\C/C=C\C/C=C\C/C=C\C/C=C\C/C=C\CCCCCCCC(=O)OCC(COC(=O)CCCCCCC/C=C\C/C=C\CCCCC)OC(=O)C/C=C\C/C=C\C/C=C\C/C=C\C/C=C\CC. The smallest absolute Gasteiger partial charge is 0.310 e. The second kappa shape index (κ2) is 61.3. The highest BCUT2D eigenvalue weighted by Crippen LogP contribution is 2.12. The molecule has 0 N–H and O–H groups in total. The molecular weight excluding hydrogens is 925 g/mol. The molecule has 0 amide bonds. The van der Waals surface area contributed by atoms with Crippen molar-refractivity contribution in [2.24, 2.45) is 0 Å². The summed E-state index contributed by atoms with van der Waals surface area (Å²) < 4.78 is 16.7. The van der Waals surface area contributed by atoms with Gasteiger partial charge >= 0.3 is 17.9 Å². The lowest BCUT2D eigenvalue weighted by molar-refractivity contribution is -0.166. The number of ether oxygens (including phenoxy) is 3. The maximum atomic E-state index is 12.8. The van der Waals surface area contributed by atoms with Crippen LogP contribution in [0.15, 0.2) is 170 Å². The summed E-state index contributed by atoms with van der Waals surface area (Å²) in [7, 11) is 0. The maximum Gasteiger partial charge on any atom is 0.310 e. The Morgan fingerprint density at radius 3 is 0.880 bits per heavy atom. The van der Waals surface area contributed by atoms with Crippen LogP contribution >= 0.6 is 0 Å². The lowest BCUT2D eigenvalue weighted by Crippen LogP contribution is -2.30.